The Morgan fingerprint density at radius 2 is 1.92 bits per heavy atom. The van der Waals surface area contributed by atoms with Crippen LogP contribution < -0.4 is 0 Å². The van der Waals surface area contributed by atoms with E-state index in [1.54, 1.807) is 0 Å². The first-order valence-electron chi connectivity index (χ1n) is 4.79. The molecule has 0 saturated heterocycles. The Hall–Kier alpha value is -1.30. The van der Waals surface area contributed by atoms with Crippen molar-refractivity contribution in [3.63, 3.8) is 0 Å². The van der Waals surface area contributed by atoms with Gasteiger partial charge in [0.05, 0.1) is 0 Å². The quantitative estimate of drug-likeness (QED) is 0.612. The highest BCUT2D eigenvalue weighted by Gasteiger charge is 2.03. The van der Waals surface area contributed by atoms with Gasteiger partial charge in [-0.25, -0.2) is 0 Å². The molecular formula is C13H14. The molecule has 0 fully saturated rings. The van der Waals surface area contributed by atoms with E-state index in [9.17, 15) is 0 Å². The monoisotopic (exact) mass is 170 g/mol. The van der Waals surface area contributed by atoms with Gasteiger partial charge in [0.25, 0.3) is 0 Å². The SMILES string of the molecule is CCc1ccc(C)c2cccc-2c1. The van der Waals surface area contributed by atoms with Gasteiger partial charge in [-0.05, 0) is 35.6 Å². The summed E-state index contributed by atoms with van der Waals surface area (Å²) >= 11 is 0. The maximum absolute atomic E-state index is 2.28. The highest BCUT2D eigenvalue weighted by molar-refractivity contribution is 5.69. The molecule has 0 aliphatic heterocycles. The molecule has 0 heterocycles. The molecule has 2 aliphatic carbocycles. The van der Waals surface area contributed by atoms with Gasteiger partial charge in [0.15, 0.2) is 0 Å². The predicted octanol–water partition coefficient (Wildman–Crippen LogP) is 3.66. The van der Waals surface area contributed by atoms with E-state index in [1.807, 2.05) is 0 Å². The van der Waals surface area contributed by atoms with Crippen LogP contribution in [-0.4, -0.2) is 0 Å². The van der Waals surface area contributed by atoms with Crippen molar-refractivity contribution in [1.82, 2.24) is 0 Å². The Labute approximate surface area is 79.6 Å². The van der Waals surface area contributed by atoms with E-state index >= 15 is 0 Å². The molecule has 66 valence electrons. The van der Waals surface area contributed by atoms with Crippen LogP contribution in [0.4, 0.5) is 0 Å². The zero-order chi connectivity index (χ0) is 9.26. The van der Waals surface area contributed by atoms with E-state index in [1.165, 1.54) is 22.3 Å². The lowest BCUT2D eigenvalue weighted by Crippen LogP contribution is -1.73. The molecule has 0 N–H and O–H groups in total. The molecule has 0 heteroatoms. The van der Waals surface area contributed by atoms with Gasteiger partial charge in [-0.1, -0.05) is 43.3 Å². The van der Waals surface area contributed by atoms with Crippen LogP contribution in [0.2, 0.25) is 0 Å². The van der Waals surface area contributed by atoms with E-state index in [0.717, 1.165) is 6.42 Å². The summed E-state index contributed by atoms with van der Waals surface area (Å²) in [4.78, 5) is 0. The zero-order valence-corrected chi connectivity index (χ0v) is 8.17. The van der Waals surface area contributed by atoms with E-state index in [4.69, 9.17) is 0 Å². The standard InChI is InChI=1S/C13H14/c1-3-11-8-7-10(2)13-6-4-5-12(13)9-11/h4-9H,3H2,1-2H3. The molecule has 0 unspecified atom stereocenters. The number of rotatable bonds is 1. The van der Waals surface area contributed by atoms with Crippen molar-refractivity contribution in [1.29, 1.82) is 0 Å². The second-order valence-corrected chi connectivity index (χ2v) is 3.48. The van der Waals surface area contributed by atoms with Crippen molar-refractivity contribution >= 4 is 0 Å². The summed E-state index contributed by atoms with van der Waals surface area (Å²) in [5, 5.41) is 0. The summed E-state index contributed by atoms with van der Waals surface area (Å²) in [5.74, 6) is 0. The molecule has 2 aliphatic rings. The fraction of sp³-hybridized carbons (Fsp3) is 0.231. The Morgan fingerprint density at radius 1 is 1.08 bits per heavy atom. The van der Waals surface area contributed by atoms with Gasteiger partial charge >= 0.3 is 0 Å². The van der Waals surface area contributed by atoms with Crippen LogP contribution in [0.25, 0.3) is 11.1 Å². The van der Waals surface area contributed by atoms with Crippen LogP contribution in [0.5, 0.6) is 0 Å². The maximum atomic E-state index is 2.28. The fourth-order valence-corrected chi connectivity index (χ4v) is 1.71. The van der Waals surface area contributed by atoms with Gasteiger partial charge in [-0.2, -0.15) is 0 Å². The molecule has 0 radical (unpaired) electrons. The van der Waals surface area contributed by atoms with Crippen LogP contribution in [0.3, 0.4) is 0 Å². The molecule has 0 nitrogen and oxygen atoms in total. The Morgan fingerprint density at radius 3 is 2.69 bits per heavy atom. The van der Waals surface area contributed by atoms with Crippen molar-refractivity contribution in [2.24, 2.45) is 0 Å². The average Bonchev–Trinajstić information content (AvgIpc) is 2.54. The third-order valence-electron chi connectivity index (χ3n) is 2.57. The first-order valence-corrected chi connectivity index (χ1v) is 4.79. The summed E-state index contributed by atoms with van der Waals surface area (Å²) < 4.78 is 0. The zero-order valence-electron chi connectivity index (χ0n) is 8.17. The molecule has 0 atom stereocenters. The third-order valence-corrected chi connectivity index (χ3v) is 2.57. The van der Waals surface area contributed by atoms with Gasteiger partial charge in [0.2, 0.25) is 0 Å². The third kappa shape index (κ3) is 1.44. The average molecular weight is 170 g/mol. The van der Waals surface area contributed by atoms with Crippen molar-refractivity contribution in [3.8, 4) is 11.1 Å². The minimum atomic E-state index is 1.11. The normalized spacial score (nSPS) is 10.6. The number of aryl methyl sites for hydroxylation is 2. The van der Waals surface area contributed by atoms with Gasteiger partial charge in [0, 0.05) is 0 Å². The number of hydrogen-bond donors (Lipinski definition) is 0. The second kappa shape index (κ2) is 3.21. The number of fused-ring (bicyclic) bond motifs is 1. The lowest BCUT2D eigenvalue weighted by molar-refractivity contribution is 1.15. The molecule has 0 aromatic carbocycles. The van der Waals surface area contributed by atoms with Crippen LogP contribution in [0.15, 0.2) is 36.4 Å². The summed E-state index contributed by atoms with van der Waals surface area (Å²) in [6.07, 6.45) is 1.11. The highest BCUT2D eigenvalue weighted by atomic mass is 14.1. The molecule has 0 spiro atoms. The molecule has 13 heavy (non-hydrogen) atoms. The van der Waals surface area contributed by atoms with Gasteiger partial charge in [-0.15, -0.1) is 0 Å². The van der Waals surface area contributed by atoms with Crippen molar-refractivity contribution in [3.05, 3.63) is 47.5 Å². The smallest absolute Gasteiger partial charge is 0.0155 e. The molecule has 0 aromatic heterocycles. The summed E-state index contributed by atoms with van der Waals surface area (Å²) in [7, 11) is 0. The largest absolute Gasteiger partial charge is 0.0613 e. The van der Waals surface area contributed by atoms with E-state index in [0.29, 0.717) is 0 Å². The van der Waals surface area contributed by atoms with Crippen molar-refractivity contribution in [2.75, 3.05) is 0 Å². The Kier molecular flexibility index (Phi) is 2.05. The Balaban J connectivity index is 2.68. The minimum absolute atomic E-state index is 1.11. The molecule has 0 bridgehead atoms. The highest BCUT2D eigenvalue weighted by Crippen LogP contribution is 2.26. The predicted molar refractivity (Wildman–Crippen MR) is 57.2 cm³/mol. The van der Waals surface area contributed by atoms with Gasteiger partial charge in [-0.3, -0.25) is 0 Å². The van der Waals surface area contributed by atoms with Crippen LogP contribution in [0, 0.1) is 6.92 Å². The van der Waals surface area contributed by atoms with Crippen LogP contribution >= 0.6 is 0 Å². The number of hydrogen-bond acceptors (Lipinski definition) is 0. The fourth-order valence-electron chi connectivity index (χ4n) is 1.71. The van der Waals surface area contributed by atoms with Gasteiger partial charge in [0.1, 0.15) is 0 Å². The second-order valence-electron chi connectivity index (χ2n) is 3.48. The summed E-state index contributed by atoms with van der Waals surface area (Å²) in [6, 6.07) is 13.2. The maximum Gasteiger partial charge on any atom is -0.0155 e. The first kappa shape index (κ1) is 8.31. The van der Waals surface area contributed by atoms with Crippen LogP contribution in [-0.2, 0) is 6.42 Å². The van der Waals surface area contributed by atoms with E-state index < -0.39 is 0 Å². The topological polar surface area (TPSA) is 0 Å². The molecule has 0 aromatic rings. The van der Waals surface area contributed by atoms with Crippen molar-refractivity contribution in [2.45, 2.75) is 20.3 Å². The Bertz CT molecular complexity index is 388. The molecular weight excluding hydrogens is 156 g/mol. The van der Waals surface area contributed by atoms with Crippen LogP contribution in [0.1, 0.15) is 18.1 Å². The molecule has 2 rings (SSSR count). The summed E-state index contributed by atoms with van der Waals surface area (Å²) in [5.41, 5.74) is 5.50. The minimum Gasteiger partial charge on any atom is -0.0613 e. The lowest BCUT2D eigenvalue weighted by atomic mass is 10.1. The molecule has 0 amide bonds. The lowest BCUT2D eigenvalue weighted by Gasteiger charge is -1.95. The summed E-state index contributed by atoms with van der Waals surface area (Å²) in [6.45, 7) is 4.36. The van der Waals surface area contributed by atoms with E-state index in [-0.39, 0.29) is 0 Å². The first-order chi connectivity index (χ1) is 6.31. The van der Waals surface area contributed by atoms with Crippen molar-refractivity contribution < 1.29 is 0 Å². The van der Waals surface area contributed by atoms with E-state index in [2.05, 4.69) is 50.2 Å². The van der Waals surface area contributed by atoms with Gasteiger partial charge < -0.3 is 0 Å². The molecule has 0 saturated carbocycles.